The van der Waals surface area contributed by atoms with Gasteiger partial charge in [-0.15, -0.1) is 0 Å². The van der Waals surface area contributed by atoms with Crippen molar-refractivity contribution in [2.45, 2.75) is 32.6 Å². The SMILES string of the molecule is CCCC(C)C1C(=O)Nc2c(Cl)cc(Cl)cc21. The van der Waals surface area contributed by atoms with Crippen molar-refractivity contribution in [1.82, 2.24) is 0 Å². The molecule has 1 amide bonds. The van der Waals surface area contributed by atoms with Crippen molar-refractivity contribution in [3.63, 3.8) is 0 Å². The fraction of sp³-hybridized carbons (Fsp3) is 0.462. The van der Waals surface area contributed by atoms with E-state index in [9.17, 15) is 4.79 Å². The average Bonchev–Trinajstić information content (AvgIpc) is 2.55. The quantitative estimate of drug-likeness (QED) is 0.864. The lowest BCUT2D eigenvalue weighted by molar-refractivity contribution is -0.118. The third-order valence-electron chi connectivity index (χ3n) is 3.26. The Morgan fingerprint density at radius 2 is 2.12 bits per heavy atom. The van der Waals surface area contributed by atoms with Crippen LogP contribution in [0.5, 0.6) is 0 Å². The topological polar surface area (TPSA) is 29.1 Å². The number of anilines is 1. The van der Waals surface area contributed by atoms with Crippen molar-refractivity contribution in [1.29, 1.82) is 0 Å². The number of amides is 1. The maximum atomic E-state index is 12.0. The number of benzene rings is 1. The van der Waals surface area contributed by atoms with E-state index in [0.29, 0.717) is 16.0 Å². The largest absolute Gasteiger partial charge is 0.324 e. The maximum absolute atomic E-state index is 12.0. The van der Waals surface area contributed by atoms with E-state index >= 15 is 0 Å². The minimum absolute atomic E-state index is 0.0325. The minimum atomic E-state index is -0.124. The highest BCUT2D eigenvalue weighted by molar-refractivity contribution is 6.37. The van der Waals surface area contributed by atoms with E-state index in [1.165, 1.54) is 0 Å². The van der Waals surface area contributed by atoms with Crippen LogP contribution in [-0.2, 0) is 4.79 Å². The van der Waals surface area contributed by atoms with Gasteiger partial charge < -0.3 is 5.32 Å². The van der Waals surface area contributed by atoms with Crippen molar-refractivity contribution in [2.24, 2.45) is 5.92 Å². The molecule has 1 N–H and O–H groups in total. The highest BCUT2D eigenvalue weighted by atomic mass is 35.5. The molecule has 0 radical (unpaired) electrons. The van der Waals surface area contributed by atoms with Gasteiger partial charge in [-0.25, -0.2) is 0 Å². The molecule has 0 spiro atoms. The first-order chi connectivity index (χ1) is 8.04. The summed E-state index contributed by atoms with van der Waals surface area (Å²) in [6.45, 7) is 4.22. The second-order valence-electron chi connectivity index (χ2n) is 4.58. The number of hydrogen-bond acceptors (Lipinski definition) is 1. The van der Waals surface area contributed by atoms with Crippen LogP contribution < -0.4 is 5.32 Å². The van der Waals surface area contributed by atoms with Gasteiger partial charge in [-0.1, -0.05) is 43.5 Å². The number of hydrogen-bond donors (Lipinski definition) is 1. The summed E-state index contributed by atoms with van der Waals surface area (Å²) in [5.41, 5.74) is 1.67. The van der Waals surface area contributed by atoms with E-state index in [-0.39, 0.29) is 11.8 Å². The van der Waals surface area contributed by atoms with E-state index in [0.717, 1.165) is 24.1 Å². The predicted molar refractivity (Wildman–Crippen MR) is 71.9 cm³/mol. The van der Waals surface area contributed by atoms with E-state index in [1.807, 2.05) is 6.07 Å². The Labute approximate surface area is 111 Å². The summed E-state index contributed by atoms with van der Waals surface area (Å²) in [4.78, 5) is 12.0. The van der Waals surface area contributed by atoms with E-state index in [2.05, 4.69) is 19.2 Å². The lowest BCUT2D eigenvalue weighted by atomic mass is 9.85. The Morgan fingerprint density at radius 3 is 2.76 bits per heavy atom. The highest BCUT2D eigenvalue weighted by Gasteiger charge is 2.35. The van der Waals surface area contributed by atoms with Gasteiger partial charge in [-0.3, -0.25) is 4.79 Å². The van der Waals surface area contributed by atoms with Crippen molar-refractivity contribution in [3.8, 4) is 0 Å². The number of rotatable bonds is 3. The average molecular weight is 272 g/mol. The maximum Gasteiger partial charge on any atom is 0.232 e. The lowest BCUT2D eigenvalue weighted by Gasteiger charge is -2.17. The first kappa shape index (κ1) is 12.7. The second kappa shape index (κ2) is 4.87. The van der Waals surface area contributed by atoms with Gasteiger partial charge in [0.1, 0.15) is 0 Å². The molecule has 4 heteroatoms. The number of halogens is 2. The summed E-state index contributed by atoms with van der Waals surface area (Å²) in [5, 5.41) is 3.96. The van der Waals surface area contributed by atoms with Gasteiger partial charge >= 0.3 is 0 Å². The molecule has 1 aromatic carbocycles. The molecular weight excluding hydrogens is 257 g/mol. The number of carbonyl (C=O) groups excluding carboxylic acids is 1. The second-order valence-corrected chi connectivity index (χ2v) is 5.43. The highest BCUT2D eigenvalue weighted by Crippen LogP contribution is 2.43. The van der Waals surface area contributed by atoms with Crippen LogP contribution in [0.15, 0.2) is 12.1 Å². The minimum Gasteiger partial charge on any atom is -0.324 e. The molecule has 1 aliphatic rings. The molecule has 2 atom stereocenters. The van der Waals surface area contributed by atoms with Crippen LogP contribution in [0.1, 0.15) is 38.2 Å². The molecule has 92 valence electrons. The monoisotopic (exact) mass is 271 g/mol. The standard InChI is InChI=1S/C13H15Cl2NO/c1-3-4-7(2)11-9-5-8(14)6-10(15)12(9)16-13(11)17/h5-7,11H,3-4H2,1-2H3,(H,16,17). The third-order valence-corrected chi connectivity index (χ3v) is 3.78. The summed E-state index contributed by atoms with van der Waals surface area (Å²) >= 11 is 12.1. The van der Waals surface area contributed by atoms with Crippen molar-refractivity contribution < 1.29 is 4.79 Å². The number of nitrogens with one attached hydrogen (secondary N) is 1. The molecule has 2 rings (SSSR count). The summed E-state index contributed by atoms with van der Waals surface area (Å²) in [7, 11) is 0. The fourth-order valence-corrected chi connectivity index (χ4v) is 3.06. The first-order valence-corrected chi connectivity index (χ1v) is 6.60. The van der Waals surface area contributed by atoms with Gasteiger partial charge in [0.2, 0.25) is 5.91 Å². The molecule has 0 fully saturated rings. The zero-order valence-corrected chi connectivity index (χ0v) is 11.4. The van der Waals surface area contributed by atoms with Crippen LogP contribution in [0.3, 0.4) is 0 Å². The number of fused-ring (bicyclic) bond motifs is 1. The molecule has 1 heterocycles. The van der Waals surface area contributed by atoms with Crippen LogP contribution >= 0.6 is 23.2 Å². The van der Waals surface area contributed by atoms with Gasteiger partial charge in [0.25, 0.3) is 0 Å². The Bertz CT molecular complexity index is 459. The van der Waals surface area contributed by atoms with Crippen LogP contribution in [0.25, 0.3) is 0 Å². The summed E-state index contributed by atoms with van der Waals surface area (Å²) in [6, 6.07) is 3.51. The zero-order valence-electron chi connectivity index (χ0n) is 9.89. The van der Waals surface area contributed by atoms with Crippen LogP contribution in [0, 0.1) is 5.92 Å². The van der Waals surface area contributed by atoms with Gasteiger partial charge in [0.15, 0.2) is 0 Å². The molecule has 0 aliphatic carbocycles. The zero-order chi connectivity index (χ0) is 12.6. The number of carbonyl (C=O) groups is 1. The molecule has 2 unspecified atom stereocenters. The predicted octanol–water partition coefficient (Wildman–Crippen LogP) is 4.47. The van der Waals surface area contributed by atoms with Crippen LogP contribution in [0.4, 0.5) is 5.69 Å². The molecule has 1 aromatic rings. The molecular formula is C13H15Cl2NO. The van der Waals surface area contributed by atoms with E-state index < -0.39 is 0 Å². The summed E-state index contributed by atoms with van der Waals surface area (Å²) in [5.74, 6) is 0.210. The molecule has 0 aromatic heterocycles. The summed E-state index contributed by atoms with van der Waals surface area (Å²) < 4.78 is 0. The summed E-state index contributed by atoms with van der Waals surface area (Å²) in [6.07, 6.45) is 2.08. The van der Waals surface area contributed by atoms with Crippen LogP contribution in [0.2, 0.25) is 10.0 Å². The molecule has 17 heavy (non-hydrogen) atoms. The van der Waals surface area contributed by atoms with Crippen LogP contribution in [-0.4, -0.2) is 5.91 Å². The third kappa shape index (κ3) is 2.29. The Kier molecular flexibility index (Phi) is 3.64. The van der Waals surface area contributed by atoms with Gasteiger partial charge in [0.05, 0.1) is 16.6 Å². The Balaban J connectivity index is 2.42. The van der Waals surface area contributed by atoms with Gasteiger partial charge in [-0.2, -0.15) is 0 Å². The Hall–Kier alpha value is -0.730. The molecule has 0 bridgehead atoms. The molecule has 0 saturated heterocycles. The lowest BCUT2D eigenvalue weighted by Crippen LogP contribution is -2.18. The van der Waals surface area contributed by atoms with E-state index in [1.54, 1.807) is 6.07 Å². The normalized spacial score (nSPS) is 20.0. The van der Waals surface area contributed by atoms with Crippen molar-refractivity contribution in [2.75, 3.05) is 5.32 Å². The first-order valence-electron chi connectivity index (χ1n) is 5.84. The fourth-order valence-electron chi connectivity index (χ4n) is 2.50. The molecule has 2 nitrogen and oxygen atoms in total. The molecule has 0 saturated carbocycles. The van der Waals surface area contributed by atoms with Crippen molar-refractivity contribution in [3.05, 3.63) is 27.7 Å². The molecule has 1 aliphatic heterocycles. The van der Waals surface area contributed by atoms with E-state index in [4.69, 9.17) is 23.2 Å². The Morgan fingerprint density at radius 1 is 1.41 bits per heavy atom. The van der Waals surface area contributed by atoms with Crippen molar-refractivity contribution >= 4 is 34.8 Å². The van der Waals surface area contributed by atoms with Gasteiger partial charge in [-0.05, 0) is 30.0 Å². The van der Waals surface area contributed by atoms with Gasteiger partial charge in [0, 0.05) is 5.02 Å². The smallest absolute Gasteiger partial charge is 0.232 e.